The lowest BCUT2D eigenvalue weighted by molar-refractivity contribution is 0.768. The highest BCUT2D eigenvalue weighted by Crippen LogP contribution is 2.61. The summed E-state index contributed by atoms with van der Waals surface area (Å²) in [5.41, 5.74) is 20.4. The first-order valence-electron chi connectivity index (χ1n) is 33.6. The van der Waals surface area contributed by atoms with Crippen molar-refractivity contribution in [3.63, 3.8) is 0 Å². The van der Waals surface area contributed by atoms with E-state index in [-0.39, 0.29) is 11.8 Å². The van der Waals surface area contributed by atoms with Gasteiger partial charge < -0.3 is 9.13 Å². The molecule has 0 atom stereocenters. The molecule has 0 amide bonds. The van der Waals surface area contributed by atoms with Crippen LogP contribution in [0.4, 0.5) is 0 Å². The smallest absolute Gasteiger partial charge is 0.179 e. The van der Waals surface area contributed by atoms with Gasteiger partial charge in [-0.15, -0.1) is 0 Å². The van der Waals surface area contributed by atoms with Gasteiger partial charge in [-0.25, -0.2) is 0 Å². The molecule has 15 aromatic carbocycles. The SMILES string of the molecule is c1ccc([Si](c2ccccc2)(c2ccccc2)c2cccc(-c3ccccc3-n3c4ccccc4c4c5c(ccc43)C3c4ccccc4C5c4c3ccc3c4c4ccccc4n3-c3ccccc3-c3cccc([Si](c4ccccc4)(c4ccccc4)c4ccccc4)c3)c2)cc1. The highest BCUT2D eigenvalue weighted by molar-refractivity contribution is 7.20. The molecule has 0 aliphatic heterocycles. The van der Waals surface area contributed by atoms with Gasteiger partial charge in [0.15, 0.2) is 16.1 Å². The van der Waals surface area contributed by atoms with Gasteiger partial charge in [0.1, 0.15) is 0 Å². The third-order valence-electron chi connectivity index (χ3n) is 21.4. The van der Waals surface area contributed by atoms with E-state index in [1.165, 1.54) is 141 Å². The summed E-state index contributed by atoms with van der Waals surface area (Å²) >= 11 is 0. The molecule has 96 heavy (non-hydrogen) atoms. The van der Waals surface area contributed by atoms with Crippen LogP contribution in [0.1, 0.15) is 45.2 Å². The predicted octanol–water partition coefficient (Wildman–Crippen LogP) is 17.0. The lowest BCUT2D eigenvalue weighted by atomic mass is 9.59. The zero-order valence-electron chi connectivity index (χ0n) is 52.8. The average molecular weight is 1250 g/mol. The number of para-hydroxylation sites is 4. The first-order chi connectivity index (χ1) is 47.7. The molecular formula is C92H64N2Si2. The molecule has 2 heterocycles. The van der Waals surface area contributed by atoms with E-state index in [1.807, 2.05) is 0 Å². The molecule has 3 aliphatic rings. The molecule has 0 saturated heterocycles. The number of fused-ring (bicyclic) bond motifs is 6. The van der Waals surface area contributed by atoms with Crippen LogP contribution in [0.2, 0.25) is 0 Å². The van der Waals surface area contributed by atoms with E-state index in [0.29, 0.717) is 0 Å². The second kappa shape index (κ2) is 22.5. The zero-order valence-corrected chi connectivity index (χ0v) is 54.8. The summed E-state index contributed by atoms with van der Waals surface area (Å²) in [6.45, 7) is 0. The maximum absolute atomic E-state index is 2.84. The minimum absolute atomic E-state index is 0.0416. The minimum Gasteiger partial charge on any atom is -0.309 e. The lowest BCUT2D eigenvalue weighted by Gasteiger charge is -2.43. The van der Waals surface area contributed by atoms with E-state index >= 15 is 0 Å². The summed E-state index contributed by atoms with van der Waals surface area (Å²) in [5, 5.41) is 16.1. The summed E-state index contributed by atoms with van der Waals surface area (Å²) in [4.78, 5) is 0. The Bertz CT molecular complexity index is 5310. The lowest BCUT2D eigenvalue weighted by Crippen LogP contribution is -2.74. The number of nitrogens with zero attached hydrogens (tertiary/aromatic N) is 2. The van der Waals surface area contributed by atoms with Gasteiger partial charge in [0.05, 0.1) is 33.4 Å². The van der Waals surface area contributed by atoms with Crippen LogP contribution in [0.15, 0.2) is 376 Å². The van der Waals surface area contributed by atoms with E-state index in [9.17, 15) is 0 Å². The van der Waals surface area contributed by atoms with Crippen LogP contribution in [0, 0.1) is 0 Å². The van der Waals surface area contributed by atoms with E-state index in [1.54, 1.807) is 0 Å². The number of aromatic nitrogens is 2. The minimum atomic E-state index is -2.84. The molecule has 0 N–H and O–H groups in total. The van der Waals surface area contributed by atoms with Crippen LogP contribution in [0.25, 0.3) is 77.2 Å². The van der Waals surface area contributed by atoms with Crippen molar-refractivity contribution < 1.29 is 0 Å². The molecule has 0 fully saturated rings. The molecule has 20 rings (SSSR count). The van der Waals surface area contributed by atoms with Crippen molar-refractivity contribution in [3.8, 4) is 33.6 Å². The van der Waals surface area contributed by atoms with Crippen LogP contribution in [-0.2, 0) is 0 Å². The fourth-order valence-corrected chi connectivity index (χ4v) is 27.2. The number of hydrogen-bond acceptors (Lipinski definition) is 0. The summed E-state index contributed by atoms with van der Waals surface area (Å²) in [5.74, 6) is 0.00544. The molecule has 17 aromatic rings. The molecule has 2 aromatic heterocycles. The quantitative estimate of drug-likeness (QED) is 0.0852. The average Bonchev–Trinajstić information content (AvgIpc) is 1.32. The first-order valence-corrected chi connectivity index (χ1v) is 37.6. The van der Waals surface area contributed by atoms with Gasteiger partial charge in [-0.2, -0.15) is 0 Å². The summed E-state index contributed by atoms with van der Waals surface area (Å²) < 4.78 is 5.17. The van der Waals surface area contributed by atoms with Crippen molar-refractivity contribution in [2.75, 3.05) is 0 Å². The van der Waals surface area contributed by atoms with E-state index in [4.69, 9.17) is 0 Å². The Morgan fingerprint density at radius 1 is 0.208 bits per heavy atom. The number of benzene rings is 15. The molecular weight excluding hydrogens is 1190 g/mol. The Balaban J connectivity index is 0.807. The van der Waals surface area contributed by atoms with Gasteiger partial charge in [-0.1, -0.05) is 340 Å². The van der Waals surface area contributed by atoms with Gasteiger partial charge in [0.2, 0.25) is 0 Å². The summed E-state index contributed by atoms with van der Waals surface area (Å²) in [6.07, 6.45) is 0. The van der Waals surface area contributed by atoms with Gasteiger partial charge in [0, 0.05) is 44.5 Å². The number of rotatable bonds is 12. The highest BCUT2D eigenvalue weighted by Gasteiger charge is 2.46. The molecule has 2 nitrogen and oxygen atoms in total. The molecule has 0 unspecified atom stereocenters. The third kappa shape index (κ3) is 8.22. The standard InChI is InChI=1S/C92H64N2Si2/c1-7-33-65(34-8-1)95(66-35-9-2-10-36-66,67-37-11-3-12-38-67)71-45-29-31-63(61-71)73-47-21-25-53-81(73)93-83-55-27-23-51-77(83)88-85(93)59-57-79-87-75-49-19-20-50-76(75)90(91(79)88)92-80(87)58-60-86-89(92)78-52-24-28-56-84(78)94(86)82-54-26-22-48-74(82)64-32-30-46-72(62-64)96(68-39-13-4-14-40-68,69-41-15-5-16-42-69)70-43-17-6-18-44-70/h1-62,87,90H. The van der Waals surface area contributed by atoms with Gasteiger partial charge in [-0.3, -0.25) is 0 Å². The maximum atomic E-state index is 2.59. The molecule has 2 bridgehead atoms. The maximum Gasteiger partial charge on any atom is 0.179 e. The van der Waals surface area contributed by atoms with E-state index < -0.39 is 16.1 Å². The van der Waals surface area contributed by atoms with Crippen molar-refractivity contribution >= 4 is 101 Å². The molecule has 450 valence electrons. The Morgan fingerprint density at radius 2 is 0.510 bits per heavy atom. The van der Waals surface area contributed by atoms with Crippen molar-refractivity contribution in [1.82, 2.24) is 9.13 Å². The fourth-order valence-electron chi connectivity index (χ4n) is 17.6. The molecule has 3 aliphatic carbocycles. The molecule has 4 heteroatoms. The Labute approximate surface area is 561 Å². The Hall–Kier alpha value is -11.7. The van der Waals surface area contributed by atoms with Crippen molar-refractivity contribution in [3.05, 3.63) is 409 Å². The normalized spacial score (nSPS) is 14.0. The second-order valence-electron chi connectivity index (χ2n) is 26.0. The largest absolute Gasteiger partial charge is 0.309 e. The van der Waals surface area contributed by atoms with E-state index in [2.05, 4.69) is 385 Å². The zero-order chi connectivity index (χ0) is 63.3. The molecule has 0 radical (unpaired) electrons. The van der Waals surface area contributed by atoms with Crippen molar-refractivity contribution in [2.24, 2.45) is 0 Å². The Morgan fingerprint density at radius 3 is 0.885 bits per heavy atom. The highest BCUT2D eigenvalue weighted by atomic mass is 28.3. The van der Waals surface area contributed by atoms with Crippen molar-refractivity contribution in [2.45, 2.75) is 11.8 Å². The van der Waals surface area contributed by atoms with Crippen LogP contribution in [-0.4, -0.2) is 25.3 Å². The van der Waals surface area contributed by atoms with E-state index in [0.717, 1.165) is 11.4 Å². The monoisotopic (exact) mass is 1250 g/mol. The second-order valence-corrected chi connectivity index (χ2v) is 33.6. The summed E-state index contributed by atoms with van der Waals surface area (Å²) in [7, 11) is -5.68. The van der Waals surface area contributed by atoms with Gasteiger partial charge >= 0.3 is 0 Å². The first kappa shape index (κ1) is 55.9. The van der Waals surface area contributed by atoms with Crippen LogP contribution in [0.3, 0.4) is 0 Å². The van der Waals surface area contributed by atoms with Crippen LogP contribution in [0.5, 0.6) is 0 Å². The van der Waals surface area contributed by atoms with Crippen LogP contribution >= 0.6 is 0 Å². The summed E-state index contributed by atoms with van der Waals surface area (Å²) in [6, 6.07) is 143. The fraction of sp³-hybridized carbons (Fsp3) is 0.0217. The number of hydrogen-bond donors (Lipinski definition) is 0. The molecule has 0 spiro atoms. The van der Waals surface area contributed by atoms with Crippen LogP contribution < -0.4 is 41.5 Å². The van der Waals surface area contributed by atoms with Gasteiger partial charge in [-0.05, 0) is 122 Å². The molecule has 0 saturated carbocycles. The Kier molecular flexibility index (Phi) is 13.1. The predicted molar refractivity (Wildman–Crippen MR) is 408 cm³/mol. The van der Waals surface area contributed by atoms with Gasteiger partial charge in [0.25, 0.3) is 0 Å². The third-order valence-corrected chi connectivity index (χ3v) is 30.9. The topological polar surface area (TPSA) is 9.86 Å². The van der Waals surface area contributed by atoms with Crippen molar-refractivity contribution in [1.29, 1.82) is 0 Å².